The summed E-state index contributed by atoms with van der Waals surface area (Å²) in [6.45, 7) is 0.620. The number of fused-ring (bicyclic) bond motifs is 1. The summed E-state index contributed by atoms with van der Waals surface area (Å²) >= 11 is 0. The topological polar surface area (TPSA) is 73.9 Å². The first-order chi connectivity index (χ1) is 11.0. The predicted octanol–water partition coefficient (Wildman–Crippen LogP) is 2.44. The molecule has 0 unspecified atom stereocenters. The van der Waals surface area contributed by atoms with Crippen LogP contribution in [0.3, 0.4) is 0 Å². The van der Waals surface area contributed by atoms with Gasteiger partial charge in [0, 0.05) is 18.2 Å². The quantitative estimate of drug-likeness (QED) is 0.908. The second-order valence-electron chi connectivity index (χ2n) is 5.04. The van der Waals surface area contributed by atoms with E-state index in [-0.39, 0.29) is 10.6 Å². The van der Waals surface area contributed by atoms with Crippen molar-refractivity contribution in [2.24, 2.45) is 0 Å². The summed E-state index contributed by atoms with van der Waals surface area (Å²) in [5.41, 5.74) is 1.47. The second-order valence-corrected chi connectivity index (χ2v) is 6.69. The summed E-state index contributed by atoms with van der Waals surface area (Å²) in [5, 5.41) is 0. The normalized spacial score (nSPS) is 13.1. The number of anilines is 1. The molecule has 1 N–H and O–H groups in total. The number of nitrogens with one attached hydrogen (secondary N) is 1. The van der Waals surface area contributed by atoms with Crippen molar-refractivity contribution in [3.63, 3.8) is 0 Å². The van der Waals surface area contributed by atoms with Gasteiger partial charge in [0.05, 0.1) is 20.8 Å². The number of hydrogen-bond donors (Lipinski definition) is 1. The second kappa shape index (κ2) is 6.00. The molecule has 2 aromatic carbocycles. The van der Waals surface area contributed by atoms with Gasteiger partial charge in [0.2, 0.25) is 0 Å². The van der Waals surface area contributed by atoms with E-state index in [0.717, 1.165) is 17.7 Å². The maximum Gasteiger partial charge on any atom is 0.265 e. The Kier molecular flexibility index (Phi) is 4.04. The summed E-state index contributed by atoms with van der Waals surface area (Å²) < 4.78 is 43.6. The van der Waals surface area contributed by atoms with Gasteiger partial charge >= 0.3 is 0 Å². The number of methoxy groups -OCH3 is 2. The van der Waals surface area contributed by atoms with E-state index >= 15 is 0 Å². The molecule has 0 saturated heterocycles. The Labute approximate surface area is 135 Å². The predicted molar refractivity (Wildman–Crippen MR) is 86.0 cm³/mol. The van der Waals surface area contributed by atoms with E-state index < -0.39 is 10.0 Å². The molecule has 0 radical (unpaired) electrons. The Morgan fingerprint density at radius 2 is 1.91 bits per heavy atom. The van der Waals surface area contributed by atoms with Gasteiger partial charge in [0.15, 0.2) is 0 Å². The monoisotopic (exact) mass is 335 g/mol. The highest BCUT2D eigenvalue weighted by Crippen LogP contribution is 2.32. The Balaban J connectivity index is 1.95. The van der Waals surface area contributed by atoms with Crippen LogP contribution in [0, 0.1) is 0 Å². The van der Waals surface area contributed by atoms with Crippen LogP contribution in [0.5, 0.6) is 17.2 Å². The van der Waals surface area contributed by atoms with E-state index in [1.54, 1.807) is 30.3 Å². The van der Waals surface area contributed by atoms with Gasteiger partial charge in [0.1, 0.15) is 22.1 Å². The van der Waals surface area contributed by atoms with E-state index in [9.17, 15) is 8.42 Å². The van der Waals surface area contributed by atoms with Gasteiger partial charge in [-0.3, -0.25) is 4.72 Å². The highest BCUT2D eigenvalue weighted by Gasteiger charge is 2.22. The lowest BCUT2D eigenvalue weighted by Gasteiger charge is -2.13. The largest absolute Gasteiger partial charge is 0.497 e. The Morgan fingerprint density at radius 3 is 2.65 bits per heavy atom. The molecule has 0 spiro atoms. The van der Waals surface area contributed by atoms with Crippen LogP contribution >= 0.6 is 0 Å². The summed E-state index contributed by atoms with van der Waals surface area (Å²) in [7, 11) is -0.899. The number of sulfonamides is 1. The molecule has 1 aliphatic rings. The van der Waals surface area contributed by atoms with Gasteiger partial charge < -0.3 is 14.2 Å². The Hall–Kier alpha value is -2.41. The fraction of sp³-hybridized carbons (Fsp3) is 0.250. The number of benzene rings is 2. The average Bonchev–Trinajstić information content (AvgIpc) is 3.01. The molecule has 0 amide bonds. The van der Waals surface area contributed by atoms with Crippen LogP contribution in [0.15, 0.2) is 41.3 Å². The Bertz CT molecular complexity index is 832. The maximum absolute atomic E-state index is 12.7. The molecule has 0 saturated carbocycles. The maximum atomic E-state index is 12.7. The van der Waals surface area contributed by atoms with Crippen molar-refractivity contribution in [2.75, 3.05) is 25.5 Å². The van der Waals surface area contributed by atoms with Crippen molar-refractivity contribution in [2.45, 2.75) is 11.3 Å². The molecule has 0 fully saturated rings. The third kappa shape index (κ3) is 3.05. The SMILES string of the molecule is COc1ccc(OC)c(S(=O)(=O)Nc2ccc3c(c2)CCO3)c1. The van der Waals surface area contributed by atoms with E-state index in [4.69, 9.17) is 14.2 Å². The minimum absolute atomic E-state index is 0.0242. The third-order valence-electron chi connectivity index (χ3n) is 3.60. The molecule has 7 heteroatoms. The van der Waals surface area contributed by atoms with E-state index in [1.165, 1.54) is 20.3 Å². The zero-order valence-corrected chi connectivity index (χ0v) is 13.6. The molecular formula is C16H17NO5S. The van der Waals surface area contributed by atoms with Crippen molar-refractivity contribution < 1.29 is 22.6 Å². The first kappa shape index (κ1) is 15.5. The fourth-order valence-corrected chi connectivity index (χ4v) is 3.69. The lowest BCUT2D eigenvalue weighted by atomic mass is 10.1. The molecule has 0 bridgehead atoms. The molecule has 122 valence electrons. The van der Waals surface area contributed by atoms with Crippen molar-refractivity contribution in [3.8, 4) is 17.2 Å². The molecule has 0 aliphatic carbocycles. The summed E-state index contributed by atoms with van der Waals surface area (Å²) in [6.07, 6.45) is 0.771. The highest BCUT2D eigenvalue weighted by molar-refractivity contribution is 7.92. The fourth-order valence-electron chi connectivity index (χ4n) is 2.45. The van der Waals surface area contributed by atoms with E-state index in [2.05, 4.69) is 4.72 Å². The van der Waals surface area contributed by atoms with Gasteiger partial charge in [0.25, 0.3) is 10.0 Å². The Morgan fingerprint density at radius 1 is 1.09 bits per heavy atom. The first-order valence-corrected chi connectivity index (χ1v) is 8.52. The summed E-state index contributed by atoms with van der Waals surface area (Å²) in [6, 6.07) is 9.86. The highest BCUT2D eigenvalue weighted by atomic mass is 32.2. The van der Waals surface area contributed by atoms with Gasteiger partial charge in [-0.1, -0.05) is 0 Å². The zero-order valence-electron chi connectivity index (χ0n) is 12.8. The molecule has 6 nitrogen and oxygen atoms in total. The average molecular weight is 335 g/mol. The molecule has 0 aromatic heterocycles. The number of ether oxygens (including phenoxy) is 3. The van der Waals surface area contributed by atoms with Gasteiger partial charge in [-0.2, -0.15) is 0 Å². The molecule has 23 heavy (non-hydrogen) atoms. The zero-order chi connectivity index (χ0) is 16.4. The molecular weight excluding hydrogens is 318 g/mol. The van der Waals surface area contributed by atoms with Crippen LogP contribution in [0.25, 0.3) is 0 Å². The standard InChI is InChI=1S/C16H17NO5S/c1-20-13-4-6-15(21-2)16(10-13)23(18,19)17-12-3-5-14-11(9-12)7-8-22-14/h3-6,9-10,17H,7-8H2,1-2H3. The number of hydrogen-bond acceptors (Lipinski definition) is 5. The minimum atomic E-state index is -3.80. The lowest BCUT2D eigenvalue weighted by Crippen LogP contribution is -2.14. The van der Waals surface area contributed by atoms with Gasteiger partial charge in [-0.15, -0.1) is 0 Å². The van der Waals surface area contributed by atoms with Crippen LogP contribution < -0.4 is 18.9 Å². The van der Waals surface area contributed by atoms with Crippen LogP contribution in [0.4, 0.5) is 5.69 Å². The van der Waals surface area contributed by atoms with E-state index in [1.807, 2.05) is 0 Å². The smallest absolute Gasteiger partial charge is 0.265 e. The van der Waals surface area contributed by atoms with Crippen LogP contribution in [0.1, 0.15) is 5.56 Å². The third-order valence-corrected chi connectivity index (χ3v) is 5.00. The van der Waals surface area contributed by atoms with Gasteiger partial charge in [-0.25, -0.2) is 8.42 Å². The summed E-state index contributed by atoms with van der Waals surface area (Å²) in [4.78, 5) is 0.0242. The first-order valence-electron chi connectivity index (χ1n) is 7.04. The molecule has 3 rings (SSSR count). The van der Waals surface area contributed by atoms with E-state index in [0.29, 0.717) is 18.0 Å². The van der Waals surface area contributed by atoms with Crippen LogP contribution in [-0.4, -0.2) is 29.2 Å². The molecule has 2 aromatic rings. The summed E-state index contributed by atoms with van der Waals surface area (Å²) in [5.74, 6) is 1.49. The molecule has 1 aliphatic heterocycles. The van der Waals surface area contributed by atoms with Crippen molar-refractivity contribution >= 4 is 15.7 Å². The number of rotatable bonds is 5. The van der Waals surface area contributed by atoms with Crippen molar-refractivity contribution in [3.05, 3.63) is 42.0 Å². The van der Waals surface area contributed by atoms with Crippen LogP contribution in [0.2, 0.25) is 0 Å². The van der Waals surface area contributed by atoms with Crippen LogP contribution in [-0.2, 0) is 16.4 Å². The minimum Gasteiger partial charge on any atom is -0.497 e. The molecule has 0 atom stereocenters. The lowest BCUT2D eigenvalue weighted by molar-refractivity contribution is 0.357. The van der Waals surface area contributed by atoms with Crippen molar-refractivity contribution in [1.82, 2.24) is 0 Å². The molecule has 1 heterocycles. The van der Waals surface area contributed by atoms with Crippen molar-refractivity contribution in [1.29, 1.82) is 0 Å². The van der Waals surface area contributed by atoms with Gasteiger partial charge in [-0.05, 0) is 35.9 Å².